The van der Waals surface area contributed by atoms with Gasteiger partial charge >= 0.3 is 0 Å². The van der Waals surface area contributed by atoms with Gasteiger partial charge in [-0.2, -0.15) is 5.10 Å². The number of hydrogen-bond acceptors (Lipinski definition) is 6. The first kappa shape index (κ1) is 19.0. The topological polar surface area (TPSA) is 63.5 Å². The zero-order valence-electron chi connectivity index (χ0n) is 15.9. The first-order valence-electron chi connectivity index (χ1n) is 9.20. The standard InChI is InChI=1S/C19H22FN5O2S/c1-13-12-21-23(2)17(13)18(26)25(7-6-24-8-10-27-11-9-24)19-22-16-14(20)4-3-5-15(16)28-19/h3-5,12H,6-11H2,1-2H3. The Hall–Kier alpha value is -2.36. The molecule has 7 nitrogen and oxygen atoms in total. The van der Waals surface area contributed by atoms with E-state index in [0.29, 0.717) is 42.6 Å². The molecule has 148 valence electrons. The van der Waals surface area contributed by atoms with E-state index < -0.39 is 0 Å². The number of anilines is 1. The molecule has 3 heterocycles. The zero-order chi connectivity index (χ0) is 19.7. The highest BCUT2D eigenvalue weighted by atomic mass is 32.1. The van der Waals surface area contributed by atoms with Crippen molar-refractivity contribution in [3.05, 3.63) is 41.5 Å². The second kappa shape index (κ2) is 7.94. The lowest BCUT2D eigenvalue weighted by atomic mass is 10.2. The molecule has 0 radical (unpaired) electrons. The van der Waals surface area contributed by atoms with Crippen molar-refractivity contribution in [3.8, 4) is 0 Å². The van der Waals surface area contributed by atoms with Gasteiger partial charge in [0.25, 0.3) is 5.91 Å². The van der Waals surface area contributed by atoms with Crippen LogP contribution in [0.5, 0.6) is 0 Å². The number of amides is 1. The lowest BCUT2D eigenvalue weighted by molar-refractivity contribution is 0.0391. The molecule has 0 aliphatic carbocycles. The van der Waals surface area contributed by atoms with Crippen molar-refractivity contribution in [2.45, 2.75) is 6.92 Å². The van der Waals surface area contributed by atoms with E-state index in [9.17, 15) is 9.18 Å². The third-order valence-corrected chi connectivity index (χ3v) is 5.95. The number of aromatic nitrogens is 3. The molecule has 2 aromatic heterocycles. The molecule has 0 unspecified atom stereocenters. The summed E-state index contributed by atoms with van der Waals surface area (Å²) in [5.74, 6) is -0.553. The van der Waals surface area contributed by atoms with Gasteiger partial charge in [-0.05, 0) is 24.6 Å². The Kier molecular flexibility index (Phi) is 5.38. The van der Waals surface area contributed by atoms with Gasteiger partial charge in [0.2, 0.25) is 0 Å². The van der Waals surface area contributed by atoms with Crippen LogP contribution >= 0.6 is 11.3 Å². The second-order valence-corrected chi connectivity index (χ2v) is 7.80. The van der Waals surface area contributed by atoms with Crippen molar-refractivity contribution in [3.63, 3.8) is 0 Å². The quantitative estimate of drug-likeness (QED) is 0.655. The minimum atomic E-state index is -0.378. The fourth-order valence-electron chi connectivity index (χ4n) is 3.35. The lowest BCUT2D eigenvalue weighted by Gasteiger charge is -2.29. The molecule has 1 aliphatic heterocycles. The van der Waals surface area contributed by atoms with Crippen molar-refractivity contribution in [1.29, 1.82) is 0 Å². The number of ether oxygens (including phenoxy) is 1. The number of fused-ring (bicyclic) bond motifs is 1. The van der Waals surface area contributed by atoms with E-state index in [1.54, 1.807) is 28.9 Å². The molecule has 28 heavy (non-hydrogen) atoms. The molecule has 0 atom stereocenters. The summed E-state index contributed by atoms with van der Waals surface area (Å²) >= 11 is 1.32. The summed E-state index contributed by atoms with van der Waals surface area (Å²) in [6.45, 7) is 6.08. The third kappa shape index (κ3) is 3.65. The molecule has 1 aliphatic rings. The molecule has 0 spiro atoms. The van der Waals surface area contributed by atoms with Crippen molar-refractivity contribution < 1.29 is 13.9 Å². The zero-order valence-corrected chi connectivity index (χ0v) is 16.7. The number of carbonyl (C=O) groups excluding carboxylic acids is 1. The summed E-state index contributed by atoms with van der Waals surface area (Å²) in [6, 6.07) is 4.86. The van der Waals surface area contributed by atoms with Gasteiger partial charge in [-0.3, -0.25) is 19.3 Å². The number of nitrogens with zero attached hydrogens (tertiary/aromatic N) is 5. The van der Waals surface area contributed by atoms with E-state index in [1.165, 1.54) is 17.4 Å². The predicted octanol–water partition coefficient (Wildman–Crippen LogP) is 2.46. The third-order valence-electron chi connectivity index (χ3n) is 4.90. The normalized spacial score (nSPS) is 15.2. The van der Waals surface area contributed by atoms with Crippen LogP contribution in [0, 0.1) is 12.7 Å². The number of hydrogen-bond donors (Lipinski definition) is 0. The van der Waals surface area contributed by atoms with Gasteiger partial charge in [0.15, 0.2) is 5.13 Å². The fraction of sp³-hybridized carbons (Fsp3) is 0.421. The molecule has 0 saturated carbocycles. The van der Waals surface area contributed by atoms with E-state index in [2.05, 4.69) is 15.0 Å². The van der Waals surface area contributed by atoms with E-state index in [-0.39, 0.29) is 11.7 Å². The molecule has 1 fully saturated rings. The average Bonchev–Trinajstić information content (AvgIpc) is 3.27. The van der Waals surface area contributed by atoms with Gasteiger partial charge in [-0.15, -0.1) is 0 Å². The van der Waals surface area contributed by atoms with E-state index in [0.717, 1.165) is 23.4 Å². The number of morpholine rings is 1. The van der Waals surface area contributed by atoms with Crippen molar-refractivity contribution in [1.82, 2.24) is 19.7 Å². The minimum Gasteiger partial charge on any atom is -0.379 e. The average molecular weight is 403 g/mol. The fourth-order valence-corrected chi connectivity index (χ4v) is 4.36. The van der Waals surface area contributed by atoms with Crippen LogP contribution in [0.25, 0.3) is 10.2 Å². The SMILES string of the molecule is Cc1cnn(C)c1C(=O)N(CCN1CCOCC1)c1nc2c(F)cccc2s1. The van der Waals surface area contributed by atoms with E-state index >= 15 is 0 Å². The number of thiazole rings is 1. The van der Waals surface area contributed by atoms with Crippen LogP contribution < -0.4 is 4.90 Å². The van der Waals surface area contributed by atoms with E-state index in [4.69, 9.17) is 4.74 Å². The molecular weight excluding hydrogens is 381 g/mol. The first-order valence-corrected chi connectivity index (χ1v) is 10.0. The van der Waals surface area contributed by atoms with Crippen LogP contribution in [0.2, 0.25) is 0 Å². The van der Waals surface area contributed by atoms with Crippen LogP contribution in [0.4, 0.5) is 9.52 Å². The van der Waals surface area contributed by atoms with Gasteiger partial charge in [-0.25, -0.2) is 9.37 Å². The molecule has 0 N–H and O–H groups in total. The summed E-state index contributed by atoms with van der Waals surface area (Å²) < 4.78 is 21.8. The van der Waals surface area contributed by atoms with Gasteiger partial charge in [0, 0.05) is 33.2 Å². The number of rotatable bonds is 5. The lowest BCUT2D eigenvalue weighted by Crippen LogP contribution is -2.43. The highest BCUT2D eigenvalue weighted by molar-refractivity contribution is 7.22. The van der Waals surface area contributed by atoms with Crippen LogP contribution in [0.15, 0.2) is 24.4 Å². The van der Waals surface area contributed by atoms with Gasteiger partial charge in [0.1, 0.15) is 17.0 Å². The summed E-state index contributed by atoms with van der Waals surface area (Å²) in [6.07, 6.45) is 1.67. The molecular formula is C19H22FN5O2S. The van der Waals surface area contributed by atoms with Crippen molar-refractivity contribution in [2.24, 2.45) is 7.05 Å². The van der Waals surface area contributed by atoms with Crippen LogP contribution in [-0.4, -0.2) is 65.0 Å². The Labute approximate surface area is 166 Å². The largest absolute Gasteiger partial charge is 0.379 e. The van der Waals surface area contributed by atoms with E-state index in [1.807, 2.05) is 13.0 Å². The minimum absolute atomic E-state index is 0.176. The van der Waals surface area contributed by atoms with Crippen molar-refractivity contribution >= 4 is 32.6 Å². The number of para-hydroxylation sites is 1. The number of benzene rings is 1. The number of halogens is 1. The van der Waals surface area contributed by atoms with Gasteiger partial charge in [0.05, 0.1) is 24.1 Å². The molecule has 1 saturated heterocycles. The summed E-state index contributed by atoms with van der Waals surface area (Å²) in [4.78, 5) is 21.7. The Morgan fingerprint density at radius 2 is 2.14 bits per heavy atom. The Balaban J connectivity index is 1.67. The molecule has 1 amide bonds. The maximum Gasteiger partial charge on any atom is 0.278 e. The first-order chi connectivity index (χ1) is 13.5. The summed E-state index contributed by atoms with van der Waals surface area (Å²) in [5.41, 5.74) is 1.62. The molecule has 1 aromatic carbocycles. The predicted molar refractivity (Wildman–Crippen MR) is 106 cm³/mol. The Bertz CT molecular complexity index is 976. The van der Waals surface area contributed by atoms with Gasteiger partial charge < -0.3 is 4.74 Å². The summed E-state index contributed by atoms with van der Waals surface area (Å²) in [7, 11) is 1.75. The number of carbonyl (C=O) groups is 1. The molecule has 3 aromatic rings. The highest BCUT2D eigenvalue weighted by Crippen LogP contribution is 2.31. The van der Waals surface area contributed by atoms with Gasteiger partial charge in [-0.1, -0.05) is 17.4 Å². The monoisotopic (exact) mass is 403 g/mol. The Morgan fingerprint density at radius 3 is 2.82 bits per heavy atom. The smallest absolute Gasteiger partial charge is 0.278 e. The summed E-state index contributed by atoms with van der Waals surface area (Å²) in [5, 5.41) is 4.68. The molecule has 0 bridgehead atoms. The van der Waals surface area contributed by atoms with Crippen LogP contribution in [0.1, 0.15) is 16.1 Å². The maximum absolute atomic E-state index is 14.1. The Morgan fingerprint density at radius 1 is 1.36 bits per heavy atom. The molecule has 4 rings (SSSR count). The second-order valence-electron chi connectivity index (χ2n) is 6.79. The maximum atomic E-state index is 14.1. The van der Waals surface area contributed by atoms with Crippen LogP contribution in [-0.2, 0) is 11.8 Å². The number of aryl methyl sites for hydroxylation is 2. The highest BCUT2D eigenvalue weighted by Gasteiger charge is 2.26. The van der Waals surface area contributed by atoms with Crippen molar-refractivity contribution in [2.75, 3.05) is 44.3 Å². The van der Waals surface area contributed by atoms with Crippen LogP contribution in [0.3, 0.4) is 0 Å². The molecule has 9 heteroatoms.